The molecular weight excluding hydrogens is 427 g/mol. The van der Waals surface area contributed by atoms with Crippen LogP contribution in [0.15, 0.2) is 35.7 Å². The minimum atomic E-state index is -1.53. The SMILES string of the molecule is CCOC(=O)Cc1csc(-c2cc(Cl)ccc2OCc2cc(F)c(F)c(F)c2)n1. The lowest BCUT2D eigenvalue weighted by molar-refractivity contribution is -0.142. The zero-order chi connectivity index (χ0) is 21.0. The van der Waals surface area contributed by atoms with Gasteiger partial charge in [0.2, 0.25) is 0 Å². The Kier molecular flexibility index (Phi) is 6.76. The third kappa shape index (κ3) is 5.27. The van der Waals surface area contributed by atoms with Gasteiger partial charge in [-0.25, -0.2) is 18.2 Å². The van der Waals surface area contributed by atoms with E-state index in [-0.39, 0.29) is 31.2 Å². The predicted octanol–water partition coefficient (Wildman–Crippen LogP) is 5.57. The molecule has 0 aliphatic rings. The maximum atomic E-state index is 13.4. The number of hydrogen-bond donors (Lipinski definition) is 0. The van der Waals surface area contributed by atoms with Crippen LogP contribution in [0.5, 0.6) is 5.75 Å². The van der Waals surface area contributed by atoms with Crippen molar-refractivity contribution in [1.82, 2.24) is 4.98 Å². The molecule has 0 bridgehead atoms. The largest absolute Gasteiger partial charge is 0.488 e. The highest BCUT2D eigenvalue weighted by atomic mass is 35.5. The third-order valence-electron chi connectivity index (χ3n) is 3.79. The molecule has 1 heterocycles. The van der Waals surface area contributed by atoms with Crippen molar-refractivity contribution in [3.63, 3.8) is 0 Å². The molecule has 3 rings (SSSR count). The van der Waals surface area contributed by atoms with Gasteiger partial charge in [0, 0.05) is 10.4 Å². The molecule has 0 amide bonds. The van der Waals surface area contributed by atoms with Crippen molar-refractivity contribution in [3.8, 4) is 16.3 Å². The van der Waals surface area contributed by atoms with Gasteiger partial charge in [0.25, 0.3) is 0 Å². The van der Waals surface area contributed by atoms with Crippen LogP contribution in [-0.4, -0.2) is 17.6 Å². The Morgan fingerprint density at radius 2 is 1.90 bits per heavy atom. The van der Waals surface area contributed by atoms with Gasteiger partial charge in [-0.15, -0.1) is 11.3 Å². The third-order valence-corrected chi connectivity index (χ3v) is 4.95. The lowest BCUT2D eigenvalue weighted by atomic mass is 10.2. The van der Waals surface area contributed by atoms with Crippen LogP contribution >= 0.6 is 22.9 Å². The van der Waals surface area contributed by atoms with Gasteiger partial charge in [-0.1, -0.05) is 11.6 Å². The topological polar surface area (TPSA) is 48.4 Å². The molecule has 0 spiro atoms. The lowest BCUT2D eigenvalue weighted by Gasteiger charge is -2.11. The van der Waals surface area contributed by atoms with Gasteiger partial charge in [0.05, 0.1) is 24.3 Å². The van der Waals surface area contributed by atoms with Gasteiger partial charge in [-0.3, -0.25) is 4.79 Å². The zero-order valence-corrected chi connectivity index (χ0v) is 16.7. The van der Waals surface area contributed by atoms with Crippen LogP contribution in [0.1, 0.15) is 18.2 Å². The number of esters is 1. The fraction of sp³-hybridized carbons (Fsp3) is 0.200. The number of ether oxygens (including phenoxy) is 2. The van der Waals surface area contributed by atoms with E-state index >= 15 is 0 Å². The van der Waals surface area contributed by atoms with Crippen molar-refractivity contribution in [2.24, 2.45) is 0 Å². The average molecular weight is 442 g/mol. The molecule has 0 saturated heterocycles. The molecule has 9 heteroatoms. The van der Waals surface area contributed by atoms with E-state index in [0.717, 1.165) is 12.1 Å². The van der Waals surface area contributed by atoms with Crippen molar-refractivity contribution < 1.29 is 27.4 Å². The molecule has 0 saturated carbocycles. The molecule has 3 aromatic rings. The number of hydrogen-bond acceptors (Lipinski definition) is 5. The summed E-state index contributed by atoms with van der Waals surface area (Å²) in [5.74, 6) is -4.12. The fourth-order valence-corrected chi connectivity index (χ4v) is 3.53. The first-order valence-electron chi connectivity index (χ1n) is 8.53. The van der Waals surface area contributed by atoms with E-state index in [2.05, 4.69) is 4.98 Å². The van der Waals surface area contributed by atoms with Gasteiger partial charge in [0.1, 0.15) is 17.4 Å². The highest BCUT2D eigenvalue weighted by Gasteiger charge is 2.15. The predicted molar refractivity (Wildman–Crippen MR) is 104 cm³/mol. The summed E-state index contributed by atoms with van der Waals surface area (Å²) >= 11 is 7.37. The van der Waals surface area contributed by atoms with E-state index in [1.165, 1.54) is 11.3 Å². The van der Waals surface area contributed by atoms with Crippen LogP contribution in [0.25, 0.3) is 10.6 Å². The highest BCUT2D eigenvalue weighted by molar-refractivity contribution is 7.13. The van der Waals surface area contributed by atoms with Crippen LogP contribution in [0, 0.1) is 17.5 Å². The Labute approximate surface area is 173 Å². The van der Waals surface area contributed by atoms with Crippen molar-refractivity contribution in [2.75, 3.05) is 6.61 Å². The minimum absolute atomic E-state index is 0.0369. The number of aromatic nitrogens is 1. The molecule has 0 N–H and O–H groups in total. The van der Waals surface area contributed by atoms with Crippen LogP contribution in [0.4, 0.5) is 13.2 Å². The summed E-state index contributed by atoms with van der Waals surface area (Å²) in [6, 6.07) is 6.57. The molecule has 2 aromatic carbocycles. The van der Waals surface area contributed by atoms with E-state index in [9.17, 15) is 18.0 Å². The fourth-order valence-electron chi connectivity index (χ4n) is 2.52. The summed E-state index contributed by atoms with van der Waals surface area (Å²) in [5.41, 5.74) is 1.22. The van der Waals surface area contributed by atoms with Crippen LogP contribution in [-0.2, 0) is 22.6 Å². The van der Waals surface area contributed by atoms with Crippen LogP contribution < -0.4 is 4.74 Å². The molecule has 1 aromatic heterocycles. The Balaban J connectivity index is 1.82. The number of nitrogens with zero attached hydrogens (tertiary/aromatic N) is 1. The van der Waals surface area contributed by atoms with E-state index in [1.54, 1.807) is 30.5 Å². The quantitative estimate of drug-likeness (QED) is 0.355. The maximum Gasteiger partial charge on any atom is 0.311 e. The first-order valence-corrected chi connectivity index (χ1v) is 9.79. The van der Waals surface area contributed by atoms with E-state index in [1.807, 2.05) is 0 Å². The lowest BCUT2D eigenvalue weighted by Crippen LogP contribution is -2.07. The molecule has 152 valence electrons. The molecule has 4 nitrogen and oxygen atoms in total. The first kappa shape index (κ1) is 21.1. The number of benzene rings is 2. The Hall–Kier alpha value is -2.58. The number of halogens is 4. The normalized spacial score (nSPS) is 10.8. The summed E-state index contributed by atoms with van der Waals surface area (Å²) in [6.45, 7) is 1.81. The number of rotatable bonds is 7. The second-order valence-corrected chi connectivity index (χ2v) is 7.22. The summed E-state index contributed by atoms with van der Waals surface area (Å²) in [4.78, 5) is 16.0. The second kappa shape index (κ2) is 9.28. The molecule has 0 unspecified atom stereocenters. The van der Waals surface area contributed by atoms with Gasteiger partial charge in [-0.2, -0.15) is 0 Å². The molecule has 0 atom stereocenters. The molecule has 0 fully saturated rings. The van der Waals surface area contributed by atoms with Gasteiger partial charge < -0.3 is 9.47 Å². The van der Waals surface area contributed by atoms with E-state index in [4.69, 9.17) is 21.1 Å². The average Bonchev–Trinajstić information content (AvgIpc) is 3.13. The molecule has 0 aliphatic carbocycles. The van der Waals surface area contributed by atoms with Crippen LogP contribution in [0.3, 0.4) is 0 Å². The maximum absolute atomic E-state index is 13.4. The van der Waals surface area contributed by atoms with Crippen molar-refractivity contribution in [3.05, 3.63) is 69.4 Å². The van der Waals surface area contributed by atoms with Gasteiger partial charge in [0.15, 0.2) is 17.5 Å². The number of thiazole rings is 1. The van der Waals surface area contributed by atoms with Crippen molar-refractivity contribution >= 4 is 28.9 Å². The summed E-state index contributed by atoms with van der Waals surface area (Å²) in [7, 11) is 0. The monoisotopic (exact) mass is 441 g/mol. The van der Waals surface area contributed by atoms with E-state index < -0.39 is 17.5 Å². The minimum Gasteiger partial charge on any atom is -0.488 e. The molecular formula is C20H15ClF3NO3S. The summed E-state index contributed by atoms with van der Waals surface area (Å²) in [5, 5.41) is 2.72. The van der Waals surface area contributed by atoms with Crippen molar-refractivity contribution in [1.29, 1.82) is 0 Å². The Bertz CT molecular complexity index is 1020. The second-order valence-electron chi connectivity index (χ2n) is 5.93. The van der Waals surface area contributed by atoms with Crippen molar-refractivity contribution in [2.45, 2.75) is 20.0 Å². The Morgan fingerprint density at radius 1 is 1.17 bits per heavy atom. The number of carbonyl (C=O) groups excluding carboxylic acids is 1. The molecule has 0 radical (unpaired) electrons. The summed E-state index contributed by atoms with van der Waals surface area (Å²) < 4.78 is 50.5. The Morgan fingerprint density at radius 3 is 2.59 bits per heavy atom. The highest BCUT2D eigenvalue weighted by Crippen LogP contribution is 2.35. The zero-order valence-electron chi connectivity index (χ0n) is 15.2. The van der Waals surface area contributed by atoms with Gasteiger partial charge >= 0.3 is 5.97 Å². The standard InChI is InChI=1S/C20H15ClF3NO3S/c1-2-27-18(26)8-13-10-29-20(25-13)14-7-12(21)3-4-17(14)28-9-11-5-15(22)19(24)16(23)6-11/h3-7,10H,2,8-9H2,1H3. The number of carbonyl (C=O) groups is 1. The van der Waals surface area contributed by atoms with E-state index in [0.29, 0.717) is 27.0 Å². The molecule has 29 heavy (non-hydrogen) atoms. The summed E-state index contributed by atoms with van der Waals surface area (Å²) in [6.07, 6.45) is 0.0369. The van der Waals surface area contributed by atoms with Gasteiger partial charge in [-0.05, 0) is 42.8 Å². The molecule has 0 aliphatic heterocycles. The smallest absolute Gasteiger partial charge is 0.311 e. The van der Waals surface area contributed by atoms with Crippen LogP contribution in [0.2, 0.25) is 5.02 Å². The first-order chi connectivity index (χ1) is 13.9.